The van der Waals surface area contributed by atoms with E-state index in [1.165, 1.54) is 35.6 Å². The molecule has 0 fully saturated rings. The highest BCUT2D eigenvalue weighted by molar-refractivity contribution is 7.94. The van der Waals surface area contributed by atoms with Gasteiger partial charge in [-0.05, 0) is 31.2 Å². The Morgan fingerprint density at radius 3 is 2.56 bits per heavy atom. The van der Waals surface area contributed by atoms with Crippen molar-refractivity contribution < 1.29 is 13.5 Å². The molecule has 0 radical (unpaired) electrons. The van der Waals surface area contributed by atoms with Gasteiger partial charge in [-0.2, -0.15) is 0 Å². The molecule has 0 atom stereocenters. The van der Waals surface area contributed by atoms with Gasteiger partial charge < -0.3 is 5.11 Å². The summed E-state index contributed by atoms with van der Waals surface area (Å²) in [6.45, 7) is 1.83. The first kappa shape index (κ1) is 13.2. The zero-order valence-electron chi connectivity index (χ0n) is 9.34. The Labute approximate surface area is 114 Å². The van der Waals surface area contributed by atoms with E-state index in [4.69, 9.17) is 11.6 Å². The van der Waals surface area contributed by atoms with Crippen LogP contribution >= 0.6 is 22.9 Å². The molecule has 0 spiro atoms. The van der Waals surface area contributed by atoms with Crippen molar-refractivity contribution in [1.82, 2.24) is 0 Å². The number of thiophene rings is 1. The molecule has 1 heterocycles. The molecule has 1 aromatic heterocycles. The largest absolute Gasteiger partial charge is 0.506 e. The number of nitrogens with one attached hydrogen (secondary N) is 1. The lowest BCUT2D eigenvalue weighted by molar-refractivity contribution is 0.476. The van der Waals surface area contributed by atoms with Gasteiger partial charge in [0.25, 0.3) is 10.0 Å². The fourth-order valence-corrected chi connectivity index (χ4v) is 3.79. The lowest BCUT2D eigenvalue weighted by atomic mass is 10.3. The molecule has 0 aliphatic rings. The minimum Gasteiger partial charge on any atom is -0.506 e. The van der Waals surface area contributed by atoms with E-state index in [1.807, 2.05) is 6.92 Å². The predicted octanol–water partition coefficient (Wildman–Crippen LogP) is 3.22. The van der Waals surface area contributed by atoms with Crippen LogP contribution in [0.4, 0.5) is 5.69 Å². The molecule has 0 amide bonds. The molecule has 0 saturated carbocycles. The van der Waals surface area contributed by atoms with Gasteiger partial charge in [-0.15, -0.1) is 11.3 Å². The number of phenols is 1. The van der Waals surface area contributed by atoms with E-state index in [0.29, 0.717) is 0 Å². The quantitative estimate of drug-likeness (QED) is 0.915. The van der Waals surface area contributed by atoms with Crippen LogP contribution in [0.25, 0.3) is 0 Å². The highest BCUT2D eigenvalue weighted by Gasteiger charge is 2.16. The van der Waals surface area contributed by atoms with Gasteiger partial charge in [-0.1, -0.05) is 11.6 Å². The first-order chi connectivity index (χ1) is 8.38. The Morgan fingerprint density at radius 2 is 2.00 bits per heavy atom. The van der Waals surface area contributed by atoms with Gasteiger partial charge in [0.05, 0.1) is 10.7 Å². The Morgan fingerprint density at radius 1 is 1.28 bits per heavy atom. The topological polar surface area (TPSA) is 66.4 Å². The summed E-state index contributed by atoms with van der Waals surface area (Å²) in [5.41, 5.74) is 0.267. The van der Waals surface area contributed by atoms with Gasteiger partial charge in [0, 0.05) is 10.9 Å². The van der Waals surface area contributed by atoms with Crippen LogP contribution in [0.15, 0.2) is 34.5 Å². The first-order valence-corrected chi connectivity index (χ1v) is 7.64. The third-order valence-corrected chi connectivity index (χ3v) is 5.37. The SMILES string of the molecule is Cc1ccc(S(=O)(=O)Nc2ccc(Cl)c(O)c2)s1. The lowest BCUT2D eigenvalue weighted by Gasteiger charge is -2.07. The number of benzene rings is 1. The van der Waals surface area contributed by atoms with Gasteiger partial charge >= 0.3 is 0 Å². The molecule has 2 aromatic rings. The molecule has 4 nitrogen and oxygen atoms in total. The number of halogens is 1. The van der Waals surface area contributed by atoms with Crippen molar-refractivity contribution in [3.05, 3.63) is 40.2 Å². The summed E-state index contributed by atoms with van der Waals surface area (Å²) in [5.74, 6) is -0.167. The van der Waals surface area contributed by atoms with E-state index in [0.717, 1.165) is 4.88 Å². The van der Waals surface area contributed by atoms with E-state index in [-0.39, 0.29) is 20.7 Å². The summed E-state index contributed by atoms with van der Waals surface area (Å²) in [5, 5.41) is 9.58. The van der Waals surface area contributed by atoms with E-state index in [9.17, 15) is 13.5 Å². The van der Waals surface area contributed by atoms with Crippen LogP contribution in [0.3, 0.4) is 0 Å². The lowest BCUT2D eigenvalue weighted by Crippen LogP contribution is -2.11. The molecule has 2 rings (SSSR count). The number of anilines is 1. The van der Waals surface area contributed by atoms with Crippen molar-refractivity contribution in [2.24, 2.45) is 0 Å². The second-order valence-electron chi connectivity index (χ2n) is 3.64. The fourth-order valence-electron chi connectivity index (χ4n) is 1.34. The molecule has 0 saturated heterocycles. The molecule has 0 unspecified atom stereocenters. The van der Waals surface area contributed by atoms with Crippen LogP contribution in [-0.2, 0) is 10.0 Å². The highest BCUT2D eigenvalue weighted by atomic mass is 35.5. The molecule has 1 aromatic carbocycles. The molecular weight excluding hydrogens is 294 g/mol. The van der Waals surface area contributed by atoms with E-state index in [1.54, 1.807) is 6.07 Å². The van der Waals surface area contributed by atoms with Crippen LogP contribution in [0.1, 0.15) is 4.88 Å². The normalized spacial score (nSPS) is 11.4. The molecule has 96 valence electrons. The molecule has 0 bridgehead atoms. The van der Waals surface area contributed by atoms with E-state index < -0.39 is 10.0 Å². The van der Waals surface area contributed by atoms with Gasteiger partial charge in [0.1, 0.15) is 9.96 Å². The van der Waals surface area contributed by atoms with Gasteiger partial charge in [0.2, 0.25) is 0 Å². The molecule has 0 aliphatic heterocycles. The van der Waals surface area contributed by atoms with Crippen LogP contribution in [0.5, 0.6) is 5.75 Å². The summed E-state index contributed by atoms with van der Waals surface area (Å²) in [7, 11) is -3.61. The maximum absolute atomic E-state index is 12.0. The number of aromatic hydroxyl groups is 1. The Hall–Kier alpha value is -1.24. The smallest absolute Gasteiger partial charge is 0.271 e. The maximum Gasteiger partial charge on any atom is 0.271 e. The first-order valence-electron chi connectivity index (χ1n) is 4.96. The van der Waals surface area contributed by atoms with E-state index in [2.05, 4.69) is 4.72 Å². The van der Waals surface area contributed by atoms with Gasteiger partial charge in [-0.3, -0.25) is 4.72 Å². The minimum absolute atomic E-state index is 0.167. The third kappa shape index (κ3) is 2.77. The standard InChI is InChI=1S/C11H10ClNO3S2/c1-7-2-5-11(17-7)18(15,16)13-8-3-4-9(12)10(14)6-8/h2-6,13-14H,1H3. The van der Waals surface area contributed by atoms with Crippen LogP contribution in [0.2, 0.25) is 5.02 Å². The molecular formula is C11H10ClNO3S2. The molecule has 0 aliphatic carbocycles. The molecule has 7 heteroatoms. The Kier molecular flexibility index (Phi) is 3.52. The summed E-state index contributed by atoms with van der Waals surface area (Å²) < 4.78 is 26.6. The zero-order valence-corrected chi connectivity index (χ0v) is 11.7. The average molecular weight is 304 g/mol. The number of rotatable bonds is 3. The zero-order chi connectivity index (χ0) is 13.3. The summed E-state index contributed by atoms with van der Waals surface area (Å²) in [6, 6.07) is 7.45. The van der Waals surface area contributed by atoms with Crippen molar-refractivity contribution in [2.75, 3.05) is 4.72 Å². The van der Waals surface area contributed by atoms with Crippen LogP contribution < -0.4 is 4.72 Å². The number of phenolic OH excluding ortho intramolecular Hbond substituents is 1. The van der Waals surface area contributed by atoms with Crippen molar-refractivity contribution in [2.45, 2.75) is 11.1 Å². The molecule has 18 heavy (non-hydrogen) atoms. The second kappa shape index (κ2) is 4.79. The van der Waals surface area contributed by atoms with Crippen molar-refractivity contribution in [1.29, 1.82) is 0 Å². The third-order valence-electron chi connectivity index (χ3n) is 2.18. The fraction of sp³-hybridized carbons (Fsp3) is 0.0909. The number of sulfonamides is 1. The number of hydrogen-bond acceptors (Lipinski definition) is 4. The summed E-state index contributed by atoms with van der Waals surface area (Å²) in [4.78, 5) is 0.911. The van der Waals surface area contributed by atoms with Gasteiger partial charge in [0.15, 0.2) is 0 Å². The van der Waals surface area contributed by atoms with Crippen molar-refractivity contribution >= 4 is 38.6 Å². The molecule has 2 N–H and O–H groups in total. The monoisotopic (exact) mass is 303 g/mol. The average Bonchev–Trinajstić information content (AvgIpc) is 2.71. The second-order valence-corrected chi connectivity index (χ2v) is 7.24. The maximum atomic E-state index is 12.0. The van der Waals surface area contributed by atoms with Crippen LogP contribution in [-0.4, -0.2) is 13.5 Å². The Balaban J connectivity index is 2.30. The number of aryl methyl sites for hydroxylation is 1. The van der Waals surface area contributed by atoms with Crippen molar-refractivity contribution in [3.8, 4) is 5.75 Å². The predicted molar refractivity (Wildman–Crippen MR) is 73.0 cm³/mol. The summed E-state index contributed by atoms with van der Waals surface area (Å²) in [6.07, 6.45) is 0. The summed E-state index contributed by atoms with van der Waals surface area (Å²) >= 11 is 6.83. The van der Waals surface area contributed by atoms with Crippen LogP contribution in [0, 0.1) is 6.92 Å². The Bertz CT molecular complexity index is 679. The number of hydrogen-bond donors (Lipinski definition) is 2. The highest BCUT2D eigenvalue weighted by Crippen LogP contribution is 2.28. The van der Waals surface area contributed by atoms with Gasteiger partial charge in [-0.25, -0.2) is 8.42 Å². The van der Waals surface area contributed by atoms with E-state index >= 15 is 0 Å². The minimum atomic E-state index is -3.61. The van der Waals surface area contributed by atoms with Crippen molar-refractivity contribution in [3.63, 3.8) is 0 Å².